The summed E-state index contributed by atoms with van der Waals surface area (Å²) < 4.78 is 2.79. The van der Waals surface area contributed by atoms with Crippen molar-refractivity contribution < 1.29 is 0 Å². The first-order chi connectivity index (χ1) is 14.2. The maximum atomic E-state index is 13.5. The van der Waals surface area contributed by atoms with Gasteiger partial charge in [0.25, 0.3) is 5.56 Å². The van der Waals surface area contributed by atoms with E-state index in [9.17, 15) is 4.79 Å². The molecule has 1 aliphatic rings. The van der Waals surface area contributed by atoms with Gasteiger partial charge >= 0.3 is 0 Å². The van der Waals surface area contributed by atoms with Crippen LogP contribution in [0.5, 0.6) is 0 Å². The van der Waals surface area contributed by atoms with Gasteiger partial charge < -0.3 is 0 Å². The molecular formula is C24H14BrN3O. The summed E-state index contributed by atoms with van der Waals surface area (Å²) >= 11 is 3.50. The maximum Gasteiger partial charge on any atom is 0.262 e. The Balaban J connectivity index is 1.76. The fraction of sp³-hybridized carbons (Fsp3) is 0.0417. The van der Waals surface area contributed by atoms with Gasteiger partial charge in [-0.3, -0.25) is 9.36 Å². The molecule has 5 aromatic rings. The van der Waals surface area contributed by atoms with Gasteiger partial charge in [0.15, 0.2) is 5.82 Å². The molecule has 29 heavy (non-hydrogen) atoms. The van der Waals surface area contributed by atoms with Crippen molar-refractivity contribution in [2.24, 2.45) is 0 Å². The first kappa shape index (κ1) is 16.6. The normalized spacial score (nSPS) is 14.9. The van der Waals surface area contributed by atoms with E-state index in [2.05, 4.69) is 28.1 Å². The molecule has 0 saturated heterocycles. The second-order valence-corrected chi connectivity index (χ2v) is 8.12. The molecular weight excluding hydrogens is 426 g/mol. The summed E-state index contributed by atoms with van der Waals surface area (Å²) in [4.78, 5) is 23.3. The molecule has 0 saturated carbocycles. The molecule has 0 radical (unpaired) electrons. The first-order valence-corrected chi connectivity index (χ1v) is 10.2. The zero-order chi connectivity index (χ0) is 19.5. The van der Waals surface area contributed by atoms with Crippen molar-refractivity contribution in [2.45, 2.75) is 6.04 Å². The molecule has 3 aromatic carbocycles. The zero-order valence-electron chi connectivity index (χ0n) is 15.2. The van der Waals surface area contributed by atoms with Gasteiger partial charge in [0.2, 0.25) is 0 Å². The van der Waals surface area contributed by atoms with Gasteiger partial charge in [-0.1, -0.05) is 58.4 Å². The van der Waals surface area contributed by atoms with Crippen LogP contribution in [0.15, 0.2) is 88.1 Å². The van der Waals surface area contributed by atoms with Gasteiger partial charge in [0.1, 0.15) is 5.69 Å². The molecule has 0 N–H and O–H groups in total. The van der Waals surface area contributed by atoms with E-state index in [0.29, 0.717) is 16.7 Å². The molecule has 1 unspecified atom stereocenters. The van der Waals surface area contributed by atoms with Crippen LogP contribution >= 0.6 is 15.9 Å². The summed E-state index contributed by atoms with van der Waals surface area (Å²) in [5.74, 6) is 0.627. The predicted octanol–water partition coefficient (Wildman–Crippen LogP) is 5.33. The summed E-state index contributed by atoms with van der Waals surface area (Å²) in [7, 11) is 0. The number of aromatic nitrogens is 3. The number of hydrogen-bond donors (Lipinski definition) is 0. The van der Waals surface area contributed by atoms with E-state index < -0.39 is 0 Å². The fourth-order valence-electron chi connectivity index (χ4n) is 4.19. The van der Waals surface area contributed by atoms with Crippen LogP contribution in [0.4, 0.5) is 0 Å². The van der Waals surface area contributed by atoms with E-state index in [-0.39, 0.29) is 11.6 Å². The second-order valence-electron chi connectivity index (χ2n) is 7.20. The summed E-state index contributed by atoms with van der Waals surface area (Å²) in [6.45, 7) is 0. The Morgan fingerprint density at radius 1 is 0.828 bits per heavy atom. The van der Waals surface area contributed by atoms with Crippen molar-refractivity contribution in [3.05, 3.63) is 105 Å². The quantitative estimate of drug-likeness (QED) is 0.348. The second kappa shape index (κ2) is 6.09. The number of halogens is 1. The molecule has 0 aliphatic carbocycles. The van der Waals surface area contributed by atoms with Gasteiger partial charge in [0, 0.05) is 15.4 Å². The molecule has 1 atom stereocenters. The summed E-state index contributed by atoms with van der Waals surface area (Å²) in [6, 6.07) is 25.5. The third-order valence-electron chi connectivity index (χ3n) is 5.51. The molecule has 6 rings (SSSR count). The minimum absolute atomic E-state index is 0.0411. The fourth-order valence-corrected chi connectivity index (χ4v) is 4.45. The van der Waals surface area contributed by atoms with Gasteiger partial charge in [0.05, 0.1) is 22.5 Å². The van der Waals surface area contributed by atoms with E-state index in [1.165, 1.54) is 0 Å². The van der Waals surface area contributed by atoms with Crippen LogP contribution in [-0.4, -0.2) is 14.5 Å². The number of benzene rings is 3. The van der Waals surface area contributed by atoms with Crippen LogP contribution in [0.25, 0.3) is 33.3 Å². The predicted molar refractivity (Wildman–Crippen MR) is 118 cm³/mol. The molecule has 0 fully saturated rings. The van der Waals surface area contributed by atoms with Crippen LogP contribution in [0.2, 0.25) is 0 Å². The lowest BCUT2D eigenvalue weighted by Crippen LogP contribution is -2.25. The molecule has 2 aromatic heterocycles. The molecule has 3 heterocycles. The minimum atomic E-state index is -0.255. The standard InChI is InChI=1S/C24H14BrN3O/c25-16-11-9-14(10-12-16)22-18-13-15-5-1-3-7-19(15)26-21(18)23-27-20-8-4-2-6-17(20)24(29)28(22)23/h1-13,22H. The van der Waals surface area contributed by atoms with Gasteiger partial charge in [-0.2, -0.15) is 0 Å². The number of pyridine rings is 1. The molecule has 0 spiro atoms. The van der Waals surface area contributed by atoms with E-state index >= 15 is 0 Å². The highest BCUT2D eigenvalue weighted by Crippen LogP contribution is 2.41. The Labute approximate surface area is 174 Å². The Hall–Kier alpha value is -3.31. The molecule has 4 nitrogen and oxygen atoms in total. The highest BCUT2D eigenvalue weighted by Gasteiger charge is 2.34. The van der Waals surface area contributed by atoms with Gasteiger partial charge in [-0.15, -0.1) is 0 Å². The van der Waals surface area contributed by atoms with Crippen molar-refractivity contribution in [3.63, 3.8) is 0 Å². The molecule has 5 heteroatoms. The molecule has 138 valence electrons. The molecule has 0 amide bonds. The minimum Gasteiger partial charge on any atom is -0.279 e. The first-order valence-electron chi connectivity index (χ1n) is 9.37. The molecule has 1 aliphatic heterocycles. The summed E-state index contributed by atoms with van der Waals surface area (Å²) in [5, 5.41) is 1.68. The maximum absolute atomic E-state index is 13.5. The highest BCUT2D eigenvalue weighted by molar-refractivity contribution is 9.10. The number of hydrogen-bond acceptors (Lipinski definition) is 3. The van der Waals surface area contributed by atoms with E-state index in [1.807, 2.05) is 66.7 Å². The lowest BCUT2D eigenvalue weighted by molar-refractivity contribution is 0.684. The Morgan fingerprint density at radius 2 is 1.55 bits per heavy atom. The topological polar surface area (TPSA) is 47.8 Å². The molecule has 0 bridgehead atoms. The van der Waals surface area contributed by atoms with Crippen LogP contribution in [0.1, 0.15) is 17.2 Å². The lowest BCUT2D eigenvalue weighted by atomic mass is 9.98. The zero-order valence-corrected chi connectivity index (χ0v) is 16.8. The van der Waals surface area contributed by atoms with E-state index in [0.717, 1.165) is 32.2 Å². The average molecular weight is 440 g/mol. The highest BCUT2D eigenvalue weighted by atomic mass is 79.9. The van der Waals surface area contributed by atoms with Crippen molar-refractivity contribution in [1.82, 2.24) is 14.5 Å². The van der Waals surface area contributed by atoms with Crippen molar-refractivity contribution in [3.8, 4) is 11.5 Å². The van der Waals surface area contributed by atoms with Crippen molar-refractivity contribution in [2.75, 3.05) is 0 Å². The SMILES string of the molecule is O=c1c2ccccc2nc2n1C(c1ccc(Br)cc1)c1cc3ccccc3nc1-2. The average Bonchev–Trinajstić information content (AvgIpc) is 3.06. The smallest absolute Gasteiger partial charge is 0.262 e. The van der Waals surface area contributed by atoms with Crippen molar-refractivity contribution >= 4 is 37.7 Å². The van der Waals surface area contributed by atoms with Crippen LogP contribution in [-0.2, 0) is 0 Å². The number of fused-ring (bicyclic) bond motifs is 5. The third-order valence-corrected chi connectivity index (χ3v) is 6.04. The van der Waals surface area contributed by atoms with Crippen LogP contribution < -0.4 is 5.56 Å². The number of para-hydroxylation sites is 2. The van der Waals surface area contributed by atoms with Crippen molar-refractivity contribution in [1.29, 1.82) is 0 Å². The Bertz CT molecular complexity index is 1490. The number of rotatable bonds is 1. The lowest BCUT2D eigenvalue weighted by Gasteiger charge is -2.16. The van der Waals surface area contributed by atoms with E-state index in [1.54, 1.807) is 4.57 Å². The Morgan fingerprint density at radius 3 is 2.38 bits per heavy atom. The van der Waals surface area contributed by atoms with Crippen LogP contribution in [0.3, 0.4) is 0 Å². The van der Waals surface area contributed by atoms with E-state index in [4.69, 9.17) is 9.97 Å². The van der Waals surface area contributed by atoms with Gasteiger partial charge in [-0.05, 0) is 42.0 Å². The summed E-state index contributed by atoms with van der Waals surface area (Å²) in [5.41, 5.74) is 4.37. The Kier molecular flexibility index (Phi) is 3.49. The number of nitrogens with zero attached hydrogens (tertiary/aromatic N) is 3. The monoisotopic (exact) mass is 439 g/mol. The summed E-state index contributed by atoms with van der Waals surface area (Å²) in [6.07, 6.45) is 0. The van der Waals surface area contributed by atoms with Crippen LogP contribution in [0, 0.1) is 0 Å². The van der Waals surface area contributed by atoms with Gasteiger partial charge in [-0.25, -0.2) is 9.97 Å². The largest absolute Gasteiger partial charge is 0.279 e. The third kappa shape index (κ3) is 2.41.